The molecule has 4 atom stereocenters. The average Bonchev–Trinajstić information content (AvgIpc) is 2.91. The molecule has 0 aliphatic heterocycles. The fourth-order valence-electron chi connectivity index (χ4n) is 4.96. The Hall–Kier alpha value is -3.15. The maximum Gasteiger partial charge on any atom is 0.407 e. The molecule has 0 spiro atoms. The van der Waals surface area contributed by atoms with Crippen molar-refractivity contribution in [1.82, 2.24) is 5.32 Å². The highest BCUT2D eigenvalue weighted by molar-refractivity contribution is 6.00. The molecule has 2 rings (SSSR count). The van der Waals surface area contributed by atoms with Gasteiger partial charge in [-0.1, -0.05) is 26.5 Å². The summed E-state index contributed by atoms with van der Waals surface area (Å²) in [5, 5.41) is 5.96. The van der Waals surface area contributed by atoms with Crippen molar-refractivity contribution in [2.24, 2.45) is 17.8 Å². The Kier molecular flexibility index (Phi) is 15.0. The van der Waals surface area contributed by atoms with Gasteiger partial charge in [0.05, 0.1) is 38.7 Å². The van der Waals surface area contributed by atoms with Crippen molar-refractivity contribution in [3.8, 4) is 5.75 Å². The first-order valence-corrected chi connectivity index (χ1v) is 14.9. The zero-order valence-corrected chi connectivity index (χ0v) is 26.8. The second kappa shape index (κ2) is 17.8. The van der Waals surface area contributed by atoms with Crippen LogP contribution in [-0.4, -0.2) is 83.0 Å². The molecule has 0 unspecified atom stereocenters. The Morgan fingerprint density at radius 1 is 0.977 bits per heavy atom. The van der Waals surface area contributed by atoms with Crippen molar-refractivity contribution >= 4 is 23.7 Å². The fourth-order valence-corrected chi connectivity index (χ4v) is 4.96. The number of carbonyl (C=O) groups excluding carboxylic acids is 3. The van der Waals surface area contributed by atoms with Crippen LogP contribution in [0.4, 0.5) is 10.5 Å². The first kappa shape index (κ1) is 36.0. The molecule has 1 saturated carbocycles. The van der Waals surface area contributed by atoms with Gasteiger partial charge in [0.2, 0.25) is 5.91 Å². The van der Waals surface area contributed by atoms with Crippen LogP contribution in [-0.2, 0) is 28.5 Å². The van der Waals surface area contributed by atoms with Gasteiger partial charge in [0, 0.05) is 19.1 Å². The molecule has 0 bridgehead atoms. The number of hydrogen-bond acceptors (Lipinski definition) is 9. The molecule has 242 valence electrons. The molecule has 0 saturated heterocycles. The van der Waals surface area contributed by atoms with Crippen LogP contribution in [0.15, 0.2) is 24.8 Å². The lowest BCUT2D eigenvalue weighted by atomic mass is 9.72. The molecule has 11 nitrogen and oxygen atoms in total. The largest absolute Gasteiger partial charge is 0.488 e. The third-order valence-electron chi connectivity index (χ3n) is 6.99. The van der Waals surface area contributed by atoms with E-state index in [0.717, 1.165) is 12.0 Å². The van der Waals surface area contributed by atoms with Crippen LogP contribution in [0.1, 0.15) is 63.4 Å². The second-order valence-corrected chi connectivity index (χ2v) is 11.9. The number of carbonyl (C=O) groups is 3. The summed E-state index contributed by atoms with van der Waals surface area (Å²) in [6, 6.07) is 3.19. The van der Waals surface area contributed by atoms with Crippen molar-refractivity contribution in [3.05, 3.63) is 35.9 Å². The van der Waals surface area contributed by atoms with Gasteiger partial charge in [0.1, 0.15) is 24.4 Å². The quantitative estimate of drug-likeness (QED) is 0.153. The molecule has 0 heterocycles. The van der Waals surface area contributed by atoms with Crippen LogP contribution >= 0.6 is 0 Å². The lowest BCUT2D eigenvalue weighted by Crippen LogP contribution is -2.49. The van der Waals surface area contributed by atoms with Crippen molar-refractivity contribution in [2.75, 3.05) is 58.7 Å². The first-order valence-electron chi connectivity index (χ1n) is 14.9. The van der Waals surface area contributed by atoms with Crippen molar-refractivity contribution in [2.45, 2.75) is 66.0 Å². The zero-order chi connectivity index (χ0) is 32.0. The molecule has 1 aromatic carbocycles. The molecule has 11 heteroatoms. The first-order chi connectivity index (χ1) is 20.4. The number of anilines is 1. The van der Waals surface area contributed by atoms with Gasteiger partial charge in [0.25, 0.3) is 0 Å². The van der Waals surface area contributed by atoms with Crippen LogP contribution in [0.5, 0.6) is 5.75 Å². The van der Waals surface area contributed by atoms with E-state index >= 15 is 0 Å². The number of esters is 1. The highest BCUT2D eigenvalue weighted by atomic mass is 16.6. The Bertz CT molecular complexity index is 1070. The van der Waals surface area contributed by atoms with E-state index in [1.54, 1.807) is 19.2 Å². The predicted octanol–water partition coefficient (Wildman–Crippen LogP) is 4.91. The molecule has 2 amide bonds. The molecule has 1 aliphatic rings. The number of ether oxygens (including phenoxy) is 6. The van der Waals surface area contributed by atoms with Crippen molar-refractivity contribution < 1.29 is 42.8 Å². The SMILES string of the molecule is C=CCOC(=O)c1cc(C)cc(NC(=O)[C@H]2C[C@H](NC(=O)OC(C)(C)C)[C@@H](C)C[C@H]2C)c1OCCOCCOCCOC. The average molecular weight is 607 g/mol. The third-order valence-corrected chi connectivity index (χ3v) is 6.99. The number of methoxy groups -OCH3 is 1. The highest BCUT2D eigenvalue weighted by Crippen LogP contribution is 2.37. The molecule has 1 fully saturated rings. The summed E-state index contributed by atoms with van der Waals surface area (Å²) in [6.07, 6.45) is 2.18. The number of hydrogen-bond donors (Lipinski definition) is 2. The van der Waals surface area contributed by atoms with Gasteiger partial charge >= 0.3 is 12.1 Å². The highest BCUT2D eigenvalue weighted by Gasteiger charge is 2.38. The van der Waals surface area contributed by atoms with Gasteiger partial charge in [-0.2, -0.15) is 0 Å². The summed E-state index contributed by atoms with van der Waals surface area (Å²) in [4.78, 5) is 39.1. The summed E-state index contributed by atoms with van der Waals surface area (Å²) >= 11 is 0. The molecule has 1 aliphatic carbocycles. The van der Waals surface area contributed by atoms with Gasteiger partial charge in [-0.25, -0.2) is 9.59 Å². The second-order valence-electron chi connectivity index (χ2n) is 11.9. The standard InChI is InChI=1S/C32H50N2O9/c1-9-10-42-30(36)25-17-21(2)18-27(28(25)41-16-15-40-14-13-39-12-11-38-8)33-29(35)24-20-26(23(4)19-22(24)3)34-31(37)43-32(5,6)7/h9,17-18,22-24,26H,1,10-16,19-20H2,2-8H3,(H,33,35)(H,34,37)/t22-,23+,24+,26+/m1/s1. The predicted molar refractivity (Wildman–Crippen MR) is 164 cm³/mol. The number of amides is 2. The molecule has 2 N–H and O–H groups in total. The Morgan fingerprint density at radius 3 is 2.26 bits per heavy atom. The monoisotopic (exact) mass is 606 g/mol. The summed E-state index contributed by atoms with van der Waals surface area (Å²) in [5.74, 6) is -0.766. The van der Waals surface area contributed by atoms with E-state index < -0.39 is 17.7 Å². The van der Waals surface area contributed by atoms with Gasteiger partial charge in [-0.3, -0.25) is 4.79 Å². The minimum absolute atomic E-state index is 0.0316. The number of benzene rings is 1. The van der Waals surface area contributed by atoms with E-state index in [4.69, 9.17) is 28.4 Å². The van der Waals surface area contributed by atoms with Crippen LogP contribution in [0, 0.1) is 24.7 Å². The number of aryl methyl sites for hydroxylation is 1. The van der Waals surface area contributed by atoms with E-state index in [9.17, 15) is 14.4 Å². The van der Waals surface area contributed by atoms with E-state index in [0.29, 0.717) is 38.5 Å². The fraction of sp³-hybridized carbons (Fsp3) is 0.656. The number of rotatable bonds is 16. The maximum atomic E-state index is 13.7. The minimum Gasteiger partial charge on any atom is -0.488 e. The number of nitrogens with one attached hydrogen (secondary N) is 2. The summed E-state index contributed by atoms with van der Waals surface area (Å²) in [5.41, 5.74) is 0.671. The zero-order valence-electron chi connectivity index (χ0n) is 26.8. The molecular formula is C32H50N2O9. The normalized spacial score (nSPS) is 20.2. The van der Waals surface area contributed by atoms with E-state index in [1.807, 2.05) is 34.6 Å². The van der Waals surface area contributed by atoms with E-state index in [1.165, 1.54) is 6.08 Å². The van der Waals surface area contributed by atoms with Crippen molar-refractivity contribution in [3.63, 3.8) is 0 Å². The maximum absolute atomic E-state index is 13.7. The molecule has 0 aromatic heterocycles. The summed E-state index contributed by atoms with van der Waals surface area (Å²) < 4.78 is 32.7. The molecule has 1 aromatic rings. The Morgan fingerprint density at radius 2 is 1.63 bits per heavy atom. The third kappa shape index (κ3) is 12.5. The smallest absolute Gasteiger partial charge is 0.407 e. The van der Waals surface area contributed by atoms with E-state index in [-0.39, 0.29) is 60.8 Å². The Balaban J connectivity index is 2.17. The van der Waals surface area contributed by atoms with Gasteiger partial charge < -0.3 is 39.1 Å². The van der Waals surface area contributed by atoms with Crippen LogP contribution in [0.25, 0.3) is 0 Å². The molecular weight excluding hydrogens is 556 g/mol. The van der Waals surface area contributed by atoms with E-state index in [2.05, 4.69) is 24.1 Å². The van der Waals surface area contributed by atoms with Gasteiger partial charge in [-0.15, -0.1) is 0 Å². The molecule has 0 radical (unpaired) electrons. The summed E-state index contributed by atoms with van der Waals surface area (Å²) in [7, 11) is 1.61. The number of alkyl carbamates (subject to hydrolysis) is 1. The lowest BCUT2D eigenvalue weighted by Gasteiger charge is -2.38. The molecule has 43 heavy (non-hydrogen) atoms. The minimum atomic E-state index is -0.624. The lowest BCUT2D eigenvalue weighted by molar-refractivity contribution is -0.123. The summed E-state index contributed by atoms with van der Waals surface area (Å²) in [6.45, 7) is 17.1. The topological polar surface area (TPSA) is 131 Å². The van der Waals surface area contributed by atoms with Crippen LogP contribution < -0.4 is 15.4 Å². The Labute approximate surface area is 255 Å². The van der Waals surface area contributed by atoms with Gasteiger partial charge in [-0.05, 0) is 70.1 Å². The van der Waals surface area contributed by atoms with Crippen LogP contribution in [0.2, 0.25) is 0 Å². The van der Waals surface area contributed by atoms with Gasteiger partial charge in [0.15, 0.2) is 5.75 Å². The van der Waals surface area contributed by atoms with Crippen molar-refractivity contribution in [1.29, 1.82) is 0 Å². The van der Waals surface area contributed by atoms with Crippen LogP contribution in [0.3, 0.4) is 0 Å².